The van der Waals surface area contributed by atoms with Gasteiger partial charge in [0, 0.05) is 24.8 Å². The molecule has 6 heteroatoms. The van der Waals surface area contributed by atoms with E-state index >= 15 is 8.78 Å². The first kappa shape index (κ1) is 25.0. The molecule has 5 rings (SSSR count). The van der Waals surface area contributed by atoms with E-state index in [9.17, 15) is 9.70 Å². The third-order valence-corrected chi connectivity index (χ3v) is 9.49. The lowest BCUT2D eigenvalue weighted by atomic mass is 9.53. The Hall–Kier alpha value is -2.63. The van der Waals surface area contributed by atoms with Crippen molar-refractivity contribution in [2.24, 2.45) is 28.3 Å². The van der Waals surface area contributed by atoms with Gasteiger partial charge in [0.05, 0.1) is 0 Å². The SMILES string of the molecule is CC12CC[C@@H]3c4ccc(N=O)cc4CCC3[C@@H]1C(CCCCC(=O)NCc1ccccc1)CC2(F)F. The second-order valence-corrected chi connectivity index (χ2v) is 11.4. The standard InChI is InChI=1S/C30H36F2N2O2/c1-29-16-15-25-24-14-12-23(34-36)17-21(24)11-13-26(25)28(29)22(18-30(29,31)32)9-5-6-10-27(35)33-19-20-7-3-2-4-8-20/h2-4,7-8,12,14,17,22,25-26,28H,5-6,9-11,13,15-16,18-19H2,1H3,(H,33,35)/t22?,25-,26?,28+,29?/m1/s1. The fraction of sp³-hybridized carbons (Fsp3) is 0.567. The number of fused-ring (bicyclic) bond motifs is 5. The van der Waals surface area contributed by atoms with E-state index in [0.29, 0.717) is 25.1 Å². The molecule has 0 heterocycles. The molecule has 3 aliphatic carbocycles. The van der Waals surface area contributed by atoms with Crippen molar-refractivity contribution in [3.63, 3.8) is 0 Å². The molecule has 192 valence electrons. The van der Waals surface area contributed by atoms with Crippen molar-refractivity contribution in [2.45, 2.75) is 83.1 Å². The summed E-state index contributed by atoms with van der Waals surface area (Å²) >= 11 is 0. The molecule has 2 aromatic rings. The van der Waals surface area contributed by atoms with E-state index in [1.54, 1.807) is 6.07 Å². The smallest absolute Gasteiger partial charge is 0.253 e. The van der Waals surface area contributed by atoms with Gasteiger partial charge in [-0.05, 0) is 96.2 Å². The third-order valence-electron chi connectivity index (χ3n) is 9.49. The van der Waals surface area contributed by atoms with Crippen LogP contribution in [-0.4, -0.2) is 11.8 Å². The van der Waals surface area contributed by atoms with Crippen LogP contribution in [0, 0.1) is 28.1 Å². The van der Waals surface area contributed by atoms with Crippen molar-refractivity contribution in [3.05, 3.63) is 70.1 Å². The van der Waals surface area contributed by atoms with Crippen LogP contribution in [0.15, 0.2) is 53.7 Å². The predicted molar refractivity (Wildman–Crippen MR) is 137 cm³/mol. The Morgan fingerprint density at radius 1 is 1.11 bits per heavy atom. The average Bonchev–Trinajstić information content (AvgIpc) is 3.10. The maximum atomic E-state index is 15.5. The first-order valence-corrected chi connectivity index (χ1v) is 13.5. The number of hydrogen-bond donors (Lipinski definition) is 1. The average molecular weight is 495 g/mol. The summed E-state index contributed by atoms with van der Waals surface area (Å²) in [5, 5.41) is 6.04. The van der Waals surface area contributed by atoms with Gasteiger partial charge in [-0.3, -0.25) is 4.79 Å². The number of nitroso groups, excluding NO2 is 1. The Morgan fingerprint density at radius 2 is 1.92 bits per heavy atom. The van der Waals surface area contributed by atoms with E-state index in [1.807, 2.05) is 49.4 Å². The molecule has 36 heavy (non-hydrogen) atoms. The van der Waals surface area contributed by atoms with Gasteiger partial charge >= 0.3 is 0 Å². The van der Waals surface area contributed by atoms with Gasteiger partial charge in [0.15, 0.2) is 0 Å². The lowest BCUT2D eigenvalue weighted by Gasteiger charge is -2.51. The van der Waals surface area contributed by atoms with E-state index in [4.69, 9.17) is 0 Å². The number of amides is 1. The monoisotopic (exact) mass is 494 g/mol. The van der Waals surface area contributed by atoms with Gasteiger partial charge in [-0.1, -0.05) is 49.7 Å². The fourth-order valence-corrected chi connectivity index (χ4v) is 7.72. The number of carbonyl (C=O) groups is 1. The first-order valence-electron chi connectivity index (χ1n) is 13.5. The lowest BCUT2D eigenvalue weighted by Crippen LogP contribution is -2.47. The largest absolute Gasteiger partial charge is 0.352 e. The van der Waals surface area contributed by atoms with Crippen molar-refractivity contribution in [2.75, 3.05) is 0 Å². The number of aryl methyl sites for hydroxylation is 1. The number of halogens is 2. The number of hydrogen-bond acceptors (Lipinski definition) is 3. The summed E-state index contributed by atoms with van der Waals surface area (Å²) in [6, 6.07) is 15.5. The Labute approximate surface area is 212 Å². The Morgan fingerprint density at radius 3 is 2.69 bits per heavy atom. The first-order chi connectivity index (χ1) is 17.3. The van der Waals surface area contributed by atoms with Crippen LogP contribution >= 0.6 is 0 Å². The maximum Gasteiger partial charge on any atom is 0.253 e. The zero-order valence-electron chi connectivity index (χ0n) is 21.0. The van der Waals surface area contributed by atoms with Crippen LogP contribution in [0.5, 0.6) is 0 Å². The number of rotatable bonds is 8. The molecular formula is C30H36F2N2O2. The van der Waals surface area contributed by atoms with E-state index in [-0.39, 0.29) is 36.0 Å². The van der Waals surface area contributed by atoms with Gasteiger partial charge in [0.25, 0.3) is 5.92 Å². The molecule has 2 saturated carbocycles. The topological polar surface area (TPSA) is 58.5 Å². The number of nitrogens with one attached hydrogen (secondary N) is 1. The zero-order chi connectivity index (χ0) is 25.3. The number of carbonyl (C=O) groups excluding carboxylic acids is 1. The minimum absolute atomic E-state index is 0.00446. The molecule has 0 saturated heterocycles. The molecule has 0 spiro atoms. The molecule has 3 unspecified atom stereocenters. The highest BCUT2D eigenvalue weighted by Crippen LogP contribution is 2.68. The quantitative estimate of drug-likeness (QED) is 0.302. The van der Waals surface area contributed by atoms with Gasteiger partial charge in [0.1, 0.15) is 5.69 Å². The van der Waals surface area contributed by atoms with Crippen molar-refractivity contribution in [3.8, 4) is 0 Å². The summed E-state index contributed by atoms with van der Waals surface area (Å²) in [4.78, 5) is 23.3. The Bertz CT molecular complexity index is 1110. The van der Waals surface area contributed by atoms with Gasteiger partial charge in [-0.15, -0.1) is 4.91 Å². The van der Waals surface area contributed by atoms with Crippen LogP contribution in [0.3, 0.4) is 0 Å². The molecule has 0 aliphatic heterocycles. The number of alkyl halides is 2. The predicted octanol–water partition coefficient (Wildman–Crippen LogP) is 7.68. The van der Waals surface area contributed by atoms with Crippen molar-refractivity contribution in [1.82, 2.24) is 5.32 Å². The van der Waals surface area contributed by atoms with E-state index in [0.717, 1.165) is 44.1 Å². The molecule has 0 radical (unpaired) electrons. The van der Waals surface area contributed by atoms with Gasteiger partial charge in [0.2, 0.25) is 5.91 Å². The summed E-state index contributed by atoms with van der Waals surface area (Å²) in [6.07, 6.45) is 5.73. The second-order valence-electron chi connectivity index (χ2n) is 11.4. The number of unbranched alkanes of at least 4 members (excludes halogenated alkanes) is 1. The highest BCUT2D eigenvalue weighted by atomic mass is 19.3. The summed E-state index contributed by atoms with van der Waals surface area (Å²) in [5.41, 5.74) is 2.97. The lowest BCUT2D eigenvalue weighted by molar-refractivity contribution is -0.133. The van der Waals surface area contributed by atoms with Crippen LogP contribution in [0.2, 0.25) is 0 Å². The molecule has 1 amide bonds. The van der Waals surface area contributed by atoms with E-state index in [2.05, 4.69) is 10.5 Å². The molecular weight excluding hydrogens is 458 g/mol. The Kier molecular flexibility index (Phi) is 6.97. The second kappa shape index (κ2) is 10.0. The van der Waals surface area contributed by atoms with Crippen LogP contribution in [-0.2, 0) is 17.8 Å². The summed E-state index contributed by atoms with van der Waals surface area (Å²) in [6.45, 7) is 2.35. The minimum Gasteiger partial charge on any atom is -0.352 e. The van der Waals surface area contributed by atoms with Crippen LogP contribution in [0.1, 0.15) is 80.9 Å². The molecule has 4 nitrogen and oxygen atoms in total. The minimum atomic E-state index is -2.65. The van der Waals surface area contributed by atoms with Crippen LogP contribution in [0.4, 0.5) is 14.5 Å². The molecule has 0 aromatic heterocycles. The van der Waals surface area contributed by atoms with Gasteiger partial charge < -0.3 is 5.32 Å². The summed E-state index contributed by atoms with van der Waals surface area (Å²) in [7, 11) is 0. The number of benzene rings is 2. The van der Waals surface area contributed by atoms with E-state index < -0.39 is 11.3 Å². The maximum absolute atomic E-state index is 15.5. The van der Waals surface area contributed by atoms with E-state index in [1.165, 1.54) is 11.1 Å². The van der Waals surface area contributed by atoms with Gasteiger partial charge in [-0.25, -0.2) is 8.78 Å². The zero-order valence-corrected chi connectivity index (χ0v) is 21.0. The molecule has 1 N–H and O–H groups in total. The number of nitrogens with zero attached hydrogens (tertiary/aromatic N) is 1. The fourth-order valence-electron chi connectivity index (χ4n) is 7.72. The molecule has 2 fully saturated rings. The van der Waals surface area contributed by atoms with Crippen molar-refractivity contribution in [1.29, 1.82) is 0 Å². The summed E-state index contributed by atoms with van der Waals surface area (Å²) < 4.78 is 30.9. The normalized spacial score (nSPS) is 30.1. The summed E-state index contributed by atoms with van der Waals surface area (Å²) in [5.74, 6) is -2.11. The highest BCUT2D eigenvalue weighted by molar-refractivity contribution is 5.75. The highest BCUT2D eigenvalue weighted by Gasteiger charge is 2.67. The van der Waals surface area contributed by atoms with Crippen LogP contribution in [0.25, 0.3) is 0 Å². The van der Waals surface area contributed by atoms with Crippen molar-refractivity contribution < 1.29 is 13.6 Å². The molecule has 2 aromatic carbocycles. The molecule has 0 bridgehead atoms. The third kappa shape index (κ3) is 4.59. The van der Waals surface area contributed by atoms with Crippen molar-refractivity contribution >= 4 is 11.6 Å². The molecule has 3 aliphatic rings. The van der Waals surface area contributed by atoms with Crippen LogP contribution < -0.4 is 5.32 Å². The molecule has 5 atom stereocenters. The van der Waals surface area contributed by atoms with Gasteiger partial charge in [-0.2, -0.15) is 0 Å². The Balaban J connectivity index is 1.22.